The fourth-order valence-electron chi connectivity index (χ4n) is 1.80. The Morgan fingerprint density at radius 3 is 2.88 bits per heavy atom. The molecule has 88 valence electrons. The largest absolute Gasteiger partial charge is 0.336 e. The molecular formula is C10H12Br2N2OS. The number of likely N-dealkylation sites (tertiary alicyclic amines) is 1. The van der Waals surface area contributed by atoms with Crippen molar-refractivity contribution in [3.05, 3.63) is 19.2 Å². The van der Waals surface area contributed by atoms with Gasteiger partial charge >= 0.3 is 0 Å². The first-order chi connectivity index (χ1) is 7.58. The lowest BCUT2D eigenvalue weighted by molar-refractivity contribution is 0.0713. The first-order valence-electron chi connectivity index (χ1n) is 5.07. The zero-order valence-corrected chi connectivity index (χ0v) is 12.6. The minimum absolute atomic E-state index is 0.0894. The predicted octanol–water partition coefficient (Wildman–Crippen LogP) is 2.84. The van der Waals surface area contributed by atoms with E-state index in [2.05, 4.69) is 31.9 Å². The number of rotatable bonds is 1. The van der Waals surface area contributed by atoms with Crippen LogP contribution in [0.15, 0.2) is 14.3 Å². The molecule has 1 aromatic heterocycles. The molecule has 0 aliphatic carbocycles. The number of amides is 1. The lowest BCUT2D eigenvalue weighted by Gasteiger charge is -2.30. The van der Waals surface area contributed by atoms with Crippen LogP contribution in [-0.2, 0) is 0 Å². The van der Waals surface area contributed by atoms with Crippen molar-refractivity contribution in [2.75, 3.05) is 13.1 Å². The summed E-state index contributed by atoms with van der Waals surface area (Å²) in [5.74, 6) is 0.0894. The van der Waals surface area contributed by atoms with Gasteiger partial charge in [-0.25, -0.2) is 0 Å². The molecule has 1 atom stereocenters. The highest BCUT2D eigenvalue weighted by Crippen LogP contribution is 2.33. The van der Waals surface area contributed by atoms with E-state index in [1.54, 1.807) is 0 Å². The number of thiophene rings is 1. The fraction of sp³-hybridized carbons (Fsp3) is 0.500. The smallest absolute Gasteiger partial charge is 0.264 e. The summed E-state index contributed by atoms with van der Waals surface area (Å²) in [7, 11) is 0. The molecule has 2 N–H and O–H groups in total. The maximum atomic E-state index is 12.1. The van der Waals surface area contributed by atoms with Gasteiger partial charge in [-0.1, -0.05) is 0 Å². The normalized spacial score (nSPS) is 21.2. The van der Waals surface area contributed by atoms with Crippen molar-refractivity contribution in [1.29, 1.82) is 0 Å². The molecule has 1 aromatic rings. The highest BCUT2D eigenvalue weighted by Gasteiger charge is 2.23. The van der Waals surface area contributed by atoms with Gasteiger partial charge in [-0.05, 0) is 50.8 Å². The van der Waals surface area contributed by atoms with Gasteiger partial charge < -0.3 is 10.6 Å². The van der Waals surface area contributed by atoms with Crippen molar-refractivity contribution in [1.82, 2.24) is 4.90 Å². The number of piperidine rings is 1. The lowest BCUT2D eigenvalue weighted by Crippen LogP contribution is -2.45. The van der Waals surface area contributed by atoms with E-state index in [4.69, 9.17) is 5.73 Å². The highest BCUT2D eigenvalue weighted by molar-refractivity contribution is 9.13. The van der Waals surface area contributed by atoms with Crippen molar-refractivity contribution < 1.29 is 4.79 Å². The molecule has 0 unspecified atom stereocenters. The lowest BCUT2D eigenvalue weighted by atomic mass is 10.1. The first-order valence-corrected chi connectivity index (χ1v) is 7.48. The Hall–Kier alpha value is 0.0900. The molecule has 0 bridgehead atoms. The topological polar surface area (TPSA) is 46.3 Å². The van der Waals surface area contributed by atoms with Crippen LogP contribution >= 0.6 is 43.2 Å². The molecular weight excluding hydrogens is 356 g/mol. The van der Waals surface area contributed by atoms with E-state index in [-0.39, 0.29) is 11.9 Å². The number of hydrogen-bond donors (Lipinski definition) is 1. The maximum absolute atomic E-state index is 12.1. The molecule has 3 nitrogen and oxygen atoms in total. The standard InChI is InChI=1S/C10H12Br2N2OS/c11-7-4-8(16-9(7)12)10(15)14-3-1-2-6(13)5-14/h4,6H,1-3,5,13H2/t6-/m1/s1. The summed E-state index contributed by atoms with van der Waals surface area (Å²) in [6.07, 6.45) is 2.02. The molecule has 0 saturated carbocycles. The van der Waals surface area contributed by atoms with Crippen LogP contribution in [0.2, 0.25) is 0 Å². The average Bonchev–Trinajstić information content (AvgIpc) is 2.58. The Labute approximate surface area is 115 Å². The van der Waals surface area contributed by atoms with Crippen LogP contribution in [0.4, 0.5) is 0 Å². The van der Waals surface area contributed by atoms with E-state index in [0.29, 0.717) is 6.54 Å². The Morgan fingerprint density at radius 2 is 2.31 bits per heavy atom. The van der Waals surface area contributed by atoms with E-state index < -0.39 is 0 Å². The van der Waals surface area contributed by atoms with Crippen molar-refractivity contribution in [3.63, 3.8) is 0 Å². The number of nitrogens with two attached hydrogens (primary N) is 1. The molecule has 16 heavy (non-hydrogen) atoms. The minimum atomic E-state index is 0.0894. The predicted molar refractivity (Wildman–Crippen MR) is 72.8 cm³/mol. The molecule has 0 aromatic carbocycles. The van der Waals surface area contributed by atoms with Crippen LogP contribution in [0.1, 0.15) is 22.5 Å². The van der Waals surface area contributed by atoms with Crippen LogP contribution in [0.25, 0.3) is 0 Å². The summed E-state index contributed by atoms with van der Waals surface area (Å²) in [5, 5.41) is 0. The van der Waals surface area contributed by atoms with Gasteiger partial charge in [0.25, 0.3) is 5.91 Å². The third kappa shape index (κ3) is 2.67. The van der Waals surface area contributed by atoms with Gasteiger partial charge in [-0.2, -0.15) is 0 Å². The average molecular weight is 368 g/mol. The van der Waals surface area contributed by atoms with Crippen LogP contribution in [0, 0.1) is 0 Å². The molecule has 1 fully saturated rings. The molecule has 0 radical (unpaired) electrons. The Bertz CT molecular complexity index is 388. The van der Waals surface area contributed by atoms with Crippen molar-refractivity contribution in [2.24, 2.45) is 5.73 Å². The first kappa shape index (κ1) is 12.5. The molecule has 2 heterocycles. The highest BCUT2D eigenvalue weighted by atomic mass is 79.9. The van der Waals surface area contributed by atoms with Crippen molar-refractivity contribution >= 4 is 49.1 Å². The molecule has 2 rings (SSSR count). The monoisotopic (exact) mass is 366 g/mol. The van der Waals surface area contributed by atoms with Gasteiger partial charge in [0.15, 0.2) is 0 Å². The number of halogens is 2. The second-order valence-corrected chi connectivity index (χ2v) is 7.11. The van der Waals surface area contributed by atoms with Crippen LogP contribution in [0.3, 0.4) is 0 Å². The van der Waals surface area contributed by atoms with Gasteiger partial charge in [-0.3, -0.25) is 4.79 Å². The van der Waals surface area contributed by atoms with Crippen LogP contribution in [0.5, 0.6) is 0 Å². The van der Waals surface area contributed by atoms with E-state index in [0.717, 1.165) is 32.5 Å². The number of hydrogen-bond acceptors (Lipinski definition) is 3. The Kier molecular flexibility index (Phi) is 4.05. The fourth-order valence-corrected chi connectivity index (χ4v) is 3.81. The molecule has 1 aliphatic heterocycles. The van der Waals surface area contributed by atoms with Crippen LogP contribution in [-0.4, -0.2) is 29.9 Å². The van der Waals surface area contributed by atoms with Gasteiger partial charge in [0.2, 0.25) is 0 Å². The van der Waals surface area contributed by atoms with Gasteiger partial charge in [0, 0.05) is 23.6 Å². The third-order valence-electron chi connectivity index (χ3n) is 2.60. The Balaban J connectivity index is 2.12. The molecule has 1 saturated heterocycles. The molecule has 1 aliphatic rings. The number of carbonyl (C=O) groups is 1. The van der Waals surface area contributed by atoms with Gasteiger partial charge in [0.1, 0.15) is 0 Å². The van der Waals surface area contributed by atoms with Crippen molar-refractivity contribution in [3.8, 4) is 0 Å². The van der Waals surface area contributed by atoms with Crippen molar-refractivity contribution in [2.45, 2.75) is 18.9 Å². The Morgan fingerprint density at radius 1 is 1.56 bits per heavy atom. The quantitative estimate of drug-likeness (QED) is 0.829. The summed E-state index contributed by atoms with van der Waals surface area (Å²) >= 11 is 8.24. The van der Waals surface area contributed by atoms with Gasteiger partial charge in [0.05, 0.1) is 8.66 Å². The second kappa shape index (κ2) is 5.16. The number of nitrogens with zero attached hydrogens (tertiary/aromatic N) is 1. The zero-order valence-electron chi connectivity index (χ0n) is 8.58. The summed E-state index contributed by atoms with van der Waals surface area (Å²) in [6, 6.07) is 1.99. The SMILES string of the molecule is N[C@@H]1CCCN(C(=O)c2cc(Br)c(Br)s2)C1. The molecule has 0 spiro atoms. The third-order valence-corrected chi connectivity index (χ3v) is 5.85. The van der Waals surface area contributed by atoms with Crippen LogP contribution < -0.4 is 5.73 Å². The molecule has 6 heteroatoms. The van der Waals surface area contributed by atoms with E-state index in [1.165, 1.54) is 11.3 Å². The van der Waals surface area contributed by atoms with Gasteiger partial charge in [-0.15, -0.1) is 11.3 Å². The summed E-state index contributed by atoms with van der Waals surface area (Å²) in [5.41, 5.74) is 5.87. The zero-order chi connectivity index (χ0) is 11.7. The van der Waals surface area contributed by atoms with E-state index >= 15 is 0 Å². The number of carbonyl (C=O) groups excluding carboxylic acids is 1. The summed E-state index contributed by atoms with van der Waals surface area (Å²) in [6.45, 7) is 1.49. The maximum Gasteiger partial charge on any atom is 0.264 e. The second-order valence-electron chi connectivity index (χ2n) is 3.89. The minimum Gasteiger partial charge on any atom is -0.336 e. The molecule has 1 amide bonds. The van der Waals surface area contributed by atoms with E-state index in [9.17, 15) is 4.79 Å². The summed E-state index contributed by atoms with van der Waals surface area (Å²) in [4.78, 5) is 14.8. The summed E-state index contributed by atoms with van der Waals surface area (Å²) < 4.78 is 1.89. The van der Waals surface area contributed by atoms with E-state index in [1.807, 2.05) is 11.0 Å².